The van der Waals surface area contributed by atoms with Crippen molar-refractivity contribution < 1.29 is 14.3 Å². The third kappa shape index (κ3) is 2.53. The number of rotatable bonds is 3. The highest BCUT2D eigenvalue weighted by molar-refractivity contribution is 5.65. The Morgan fingerprint density at radius 1 is 1.30 bits per heavy atom. The fourth-order valence-electron chi connectivity index (χ4n) is 4.66. The second kappa shape index (κ2) is 5.68. The lowest BCUT2D eigenvalue weighted by Gasteiger charge is -2.49. The predicted octanol–water partition coefficient (Wildman–Crippen LogP) is 5.55. The van der Waals surface area contributed by atoms with E-state index in [0.29, 0.717) is 0 Å². The summed E-state index contributed by atoms with van der Waals surface area (Å²) in [4.78, 5) is 12.2. The second-order valence-corrected chi connectivity index (χ2v) is 8.30. The molecule has 0 aromatic carbocycles. The van der Waals surface area contributed by atoms with Gasteiger partial charge in [0.25, 0.3) is 0 Å². The van der Waals surface area contributed by atoms with E-state index in [9.17, 15) is 4.79 Å². The topological polar surface area (TPSA) is 35.5 Å². The summed E-state index contributed by atoms with van der Waals surface area (Å²) in [6, 6.07) is 0. The van der Waals surface area contributed by atoms with Gasteiger partial charge < -0.3 is 9.47 Å². The van der Waals surface area contributed by atoms with E-state index in [0.717, 1.165) is 38.5 Å². The Labute approximate surface area is 140 Å². The van der Waals surface area contributed by atoms with Crippen LogP contribution >= 0.6 is 0 Å². The maximum absolute atomic E-state index is 12.2. The summed E-state index contributed by atoms with van der Waals surface area (Å²) in [6.45, 7) is 8.90. The van der Waals surface area contributed by atoms with Gasteiger partial charge in [-0.25, -0.2) is 4.79 Å². The summed E-state index contributed by atoms with van der Waals surface area (Å²) in [7, 11) is 0. The predicted molar refractivity (Wildman–Crippen MR) is 91.2 cm³/mol. The van der Waals surface area contributed by atoms with Crippen LogP contribution in [-0.2, 0) is 9.47 Å². The van der Waals surface area contributed by atoms with Crippen molar-refractivity contribution in [1.82, 2.24) is 0 Å². The Balaban J connectivity index is 2.13. The molecule has 1 aliphatic heterocycles. The third-order valence-electron chi connectivity index (χ3n) is 6.27. The van der Waals surface area contributed by atoms with E-state index in [1.807, 2.05) is 0 Å². The van der Waals surface area contributed by atoms with E-state index in [1.54, 1.807) is 0 Å². The highest BCUT2D eigenvalue weighted by Gasteiger charge is 2.62. The van der Waals surface area contributed by atoms with Crippen LogP contribution < -0.4 is 0 Å². The van der Waals surface area contributed by atoms with Gasteiger partial charge in [-0.3, -0.25) is 0 Å². The van der Waals surface area contributed by atoms with Gasteiger partial charge in [0.05, 0.1) is 0 Å². The number of fused-ring (bicyclic) bond motifs is 3. The van der Waals surface area contributed by atoms with Crippen LogP contribution in [0.25, 0.3) is 0 Å². The van der Waals surface area contributed by atoms with Crippen molar-refractivity contribution in [3.63, 3.8) is 0 Å². The summed E-state index contributed by atoms with van der Waals surface area (Å²) >= 11 is 0. The van der Waals surface area contributed by atoms with Gasteiger partial charge in [0.1, 0.15) is 0 Å². The first-order chi connectivity index (χ1) is 10.8. The molecule has 0 saturated carbocycles. The number of unbranched alkanes of at least 4 members (excludes halogenated alkanes) is 1. The van der Waals surface area contributed by atoms with E-state index in [2.05, 4.69) is 45.9 Å². The van der Waals surface area contributed by atoms with Crippen LogP contribution in [0.5, 0.6) is 0 Å². The zero-order chi connectivity index (χ0) is 16.7. The van der Waals surface area contributed by atoms with Gasteiger partial charge in [-0.15, -0.1) is 0 Å². The van der Waals surface area contributed by atoms with Gasteiger partial charge in [-0.05, 0) is 44.1 Å². The van der Waals surface area contributed by atoms with E-state index < -0.39 is 11.8 Å². The maximum atomic E-state index is 12.2. The molecule has 1 saturated heterocycles. The average molecular weight is 318 g/mol. The second-order valence-electron chi connectivity index (χ2n) is 8.30. The van der Waals surface area contributed by atoms with Crippen LogP contribution in [0.2, 0.25) is 0 Å². The van der Waals surface area contributed by atoms with Crippen molar-refractivity contribution in [3.8, 4) is 0 Å². The summed E-state index contributed by atoms with van der Waals surface area (Å²) in [5.41, 5.74) is 0.560. The molecule has 0 bridgehead atoms. The molecule has 0 spiro atoms. The molecule has 0 aromatic heterocycles. The van der Waals surface area contributed by atoms with Gasteiger partial charge in [-0.2, -0.15) is 0 Å². The molecule has 2 aliphatic carbocycles. The zero-order valence-corrected chi connectivity index (χ0v) is 15.0. The number of carbonyl (C=O) groups excluding carboxylic acids is 1. The van der Waals surface area contributed by atoms with Crippen molar-refractivity contribution in [2.45, 2.75) is 84.3 Å². The molecule has 0 unspecified atom stereocenters. The first-order valence-electron chi connectivity index (χ1n) is 9.12. The van der Waals surface area contributed by atoms with E-state index in [1.165, 1.54) is 12.0 Å². The molecule has 3 atom stereocenters. The zero-order valence-electron chi connectivity index (χ0n) is 15.0. The van der Waals surface area contributed by atoms with Crippen LogP contribution in [0.1, 0.15) is 72.6 Å². The number of hydrogen-bond donors (Lipinski definition) is 0. The lowest BCUT2D eigenvalue weighted by atomic mass is 9.59. The van der Waals surface area contributed by atoms with Crippen LogP contribution in [0.3, 0.4) is 0 Å². The molecule has 3 aliphatic rings. The van der Waals surface area contributed by atoms with Crippen molar-refractivity contribution in [2.24, 2.45) is 10.8 Å². The summed E-state index contributed by atoms with van der Waals surface area (Å²) in [5.74, 6) is 0. The van der Waals surface area contributed by atoms with Gasteiger partial charge in [0.2, 0.25) is 0 Å². The Bertz CT molecular complexity index is 545. The number of hydrogen-bond acceptors (Lipinski definition) is 3. The number of ether oxygens (including phenoxy) is 2. The highest BCUT2D eigenvalue weighted by atomic mass is 16.8. The Morgan fingerprint density at radius 2 is 2.09 bits per heavy atom. The number of carbonyl (C=O) groups is 1. The van der Waals surface area contributed by atoms with Gasteiger partial charge in [0.15, 0.2) is 11.7 Å². The molecule has 1 fully saturated rings. The van der Waals surface area contributed by atoms with E-state index in [-0.39, 0.29) is 16.9 Å². The van der Waals surface area contributed by atoms with E-state index in [4.69, 9.17) is 9.47 Å². The molecule has 3 heteroatoms. The van der Waals surface area contributed by atoms with Crippen molar-refractivity contribution in [3.05, 3.63) is 23.8 Å². The SMILES string of the molecule is CCCC[C@@]12OC(=O)O[C@H]1C1=CCCC[C@@]1(C)/C=C/CC2(C)C. The maximum Gasteiger partial charge on any atom is 0.509 e. The van der Waals surface area contributed by atoms with Crippen molar-refractivity contribution in [1.29, 1.82) is 0 Å². The molecule has 3 rings (SSSR count). The van der Waals surface area contributed by atoms with Gasteiger partial charge in [-0.1, -0.05) is 52.3 Å². The average Bonchev–Trinajstić information content (AvgIpc) is 2.82. The van der Waals surface area contributed by atoms with Gasteiger partial charge >= 0.3 is 6.16 Å². The lowest BCUT2D eigenvalue weighted by molar-refractivity contribution is -0.0740. The smallest absolute Gasteiger partial charge is 0.423 e. The van der Waals surface area contributed by atoms with Crippen LogP contribution in [0.4, 0.5) is 4.79 Å². The van der Waals surface area contributed by atoms with Crippen LogP contribution in [-0.4, -0.2) is 17.9 Å². The van der Waals surface area contributed by atoms with Crippen LogP contribution in [0, 0.1) is 10.8 Å². The van der Waals surface area contributed by atoms with E-state index >= 15 is 0 Å². The molecule has 1 heterocycles. The fourth-order valence-corrected chi connectivity index (χ4v) is 4.66. The van der Waals surface area contributed by atoms with Gasteiger partial charge in [0, 0.05) is 10.8 Å². The molecule has 23 heavy (non-hydrogen) atoms. The normalized spacial score (nSPS) is 39.9. The lowest BCUT2D eigenvalue weighted by Crippen LogP contribution is -2.55. The van der Waals surface area contributed by atoms with Crippen LogP contribution in [0.15, 0.2) is 23.8 Å². The molecular formula is C20H30O3. The third-order valence-corrected chi connectivity index (χ3v) is 6.27. The Hall–Kier alpha value is -1.25. The minimum Gasteiger partial charge on any atom is -0.423 e. The minimum absolute atomic E-state index is 0.00907. The molecule has 0 radical (unpaired) electrons. The fraction of sp³-hybridized carbons (Fsp3) is 0.750. The highest BCUT2D eigenvalue weighted by Crippen LogP contribution is 2.56. The van der Waals surface area contributed by atoms with Crippen molar-refractivity contribution >= 4 is 6.16 Å². The molecule has 0 amide bonds. The molecular weight excluding hydrogens is 288 g/mol. The Morgan fingerprint density at radius 3 is 2.83 bits per heavy atom. The molecule has 0 aromatic rings. The first-order valence-corrected chi connectivity index (χ1v) is 9.12. The minimum atomic E-state index is -0.546. The Kier molecular flexibility index (Phi) is 4.10. The number of allylic oxidation sites excluding steroid dienone is 3. The quantitative estimate of drug-likeness (QED) is 0.505. The molecule has 128 valence electrons. The standard InChI is InChI=1S/C20H30O3/c1-5-6-14-20-16(22-17(21)23-20)15-10-7-8-12-19(15,4)13-9-11-18(20,2)3/h9-10,13,16H,5-8,11-12,14H2,1-4H3/b13-9+/t16-,19-,20+/m0/s1. The molecule has 3 nitrogen and oxygen atoms in total. The summed E-state index contributed by atoms with van der Waals surface area (Å²) in [6.07, 6.45) is 13.5. The van der Waals surface area contributed by atoms with Crippen molar-refractivity contribution in [2.75, 3.05) is 0 Å². The molecule has 0 N–H and O–H groups in total. The summed E-state index contributed by atoms with van der Waals surface area (Å²) in [5, 5.41) is 0. The monoisotopic (exact) mass is 318 g/mol. The first kappa shape index (κ1) is 16.6. The summed E-state index contributed by atoms with van der Waals surface area (Å²) < 4.78 is 11.8. The largest absolute Gasteiger partial charge is 0.509 e.